The summed E-state index contributed by atoms with van der Waals surface area (Å²) in [6.45, 7) is 0. The van der Waals surface area contributed by atoms with Crippen LogP contribution in [0.3, 0.4) is 0 Å². The molecule has 3 rings (SSSR count). The molecule has 1 saturated carbocycles. The van der Waals surface area contributed by atoms with Crippen LogP contribution in [0.5, 0.6) is 11.5 Å². The number of benzene rings is 1. The van der Waals surface area contributed by atoms with E-state index >= 15 is 0 Å². The first-order valence-electron chi connectivity index (χ1n) is 7.49. The molecule has 1 aromatic carbocycles. The smallest absolute Gasteiger partial charge is 0.307 e. The van der Waals surface area contributed by atoms with Crippen LogP contribution >= 0.6 is 0 Å². The van der Waals surface area contributed by atoms with Gasteiger partial charge >= 0.3 is 5.97 Å². The molecule has 23 heavy (non-hydrogen) atoms. The largest absolute Gasteiger partial charge is 0.497 e. The molecule has 2 aliphatic carbocycles. The number of hydrogen-bond donors (Lipinski definition) is 2. The summed E-state index contributed by atoms with van der Waals surface area (Å²) in [6.07, 6.45) is 4.61. The minimum absolute atomic E-state index is 0.00894. The van der Waals surface area contributed by atoms with Crippen molar-refractivity contribution in [3.05, 3.63) is 30.4 Å². The Balaban J connectivity index is 1.82. The normalized spacial score (nSPS) is 27.7. The van der Waals surface area contributed by atoms with Crippen molar-refractivity contribution in [1.29, 1.82) is 0 Å². The first-order valence-corrected chi connectivity index (χ1v) is 7.49. The van der Waals surface area contributed by atoms with Crippen molar-refractivity contribution in [3.63, 3.8) is 0 Å². The fraction of sp³-hybridized carbons (Fsp3) is 0.412. The SMILES string of the molecule is COc1ccc(NC(=O)[C@H]2[C@@H](C(=O)O)[C@H]3C=C[C@@H]2C3)c(OC)c1. The molecule has 0 unspecified atom stereocenters. The number of hydrogen-bond acceptors (Lipinski definition) is 4. The maximum Gasteiger partial charge on any atom is 0.307 e. The average Bonchev–Trinajstić information content (AvgIpc) is 3.16. The Morgan fingerprint density at radius 2 is 1.83 bits per heavy atom. The van der Waals surface area contributed by atoms with Crippen molar-refractivity contribution in [2.75, 3.05) is 19.5 Å². The molecule has 0 radical (unpaired) electrons. The van der Waals surface area contributed by atoms with Gasteiger partial charge in [0.25, 0.3) is 0 Å². The summed E-state index contributed by atoms with van der Waals surface area (Å²) in [5.41, 5.74) is 0.509. The molecule has 0 spiro atoms. The Bertz CT molecular complexity index is 669. The van der Waals surface area contributed by atoms with Crippen molar-refractivity contribution >= 4 is 17.6 Å². The Hall–Kier alpha value is -2.50. The molecule has 0 heterocycles. The highest BCUT2D eigenvalue weighted by Crippen LogP contribution is 2.48. The minimum atomic E-state index is -0.913. The number of anilines is 1. The van der Waals surface area contributed by atoms with Gasteiger partial charge in [0.05, 0.1) is 31.7 Å². The topological polar surface area (TPSA) is 84.9 Å². The van der Waals surface area contributed by atoms with Gasteiger partial charge in [0.15, 0.2) is 0 Å². The predicted octanol–water partition coefficient (Wildman–Crippen LogP) is 2.17. The van der Waals surface area contributed by atoms with E-state index in [1.807, 2.05) is 12.2 Å². The van der Waals surface area contributed by atoms with E-state index < -0.39 is 17.8 Å². The zero-order valence-electron chi connectivity index (χ0n) is 13.0. The molecule has 1 aromatic rings. The number of amides is 1. The molecule has 2 N–H and O–H groups in total. The van der Waals surface area contributed by atoms with Crippen LogP contribution < -0.4 is 14.8 Å². The van der Waals surface area contributed by atoms with E-state index in [0.717, 1.165) is 6.42 Å². The van der Waals surface area contributed by atoms with Crippen molar-refractivity contribution in [2.45, 2.75) is 6.42 Å². The van der Waals surface area contributed by atoms with Gasteiger partial charge in [-0.2, -0.15) is 0 Å². The number of carbonyl (C=O) groups is 2. The number of aliphatic carboxylic acids is 1. The second-order valence-electron chi connectivity index (χ2n) is 5.89. The van der Waals surface area contributed by atoms with E-state index in [1.165, 1.54) is 7.11 Å². The van der Waals surface area contributed by atoms with Gasteiger partial charge in [-0.3, -0.25) is 9.59 Å². The van der Waals surface area contributed by atoms with E-state index in [-0.39, 0.29) is 17.7 Å². The predicted molar refractivity (Wildman–Crippen MR) is 83.5 cm³/mol. The lowest BCUT2D eigenvalue weighted by Crippen LogP contribution is -2.36. The van der Waals surface area contributed by atoms with Gasteiger partial charge in [0.2, 0.25) is 5.91 Å². The maximum absolute atomic E-state index is 12.6. The van der Waals surface area contributed by atoms with Gasteiger partial charge in [-0.25, -0.2) is 0 Å². The third kappa shape index (κ3) is 2.65. The molecule has 2 bridgehead atoms. The van der Waals surface area contributed by atoms with Crippen molar-refractivity contribution in [2.24, 2.45) is 23.7 Å². The number of nitrogens with one attached hydrogen (secondary N) is 1. The van der Waals surface area contributed by atoms with Crippen LogP contribution in [0, 0.1) is 23.7 Å². The molecule has 122 valence electrons. The highest BCUT2D eigenvalue weighted by atomic mass is 16.5. The molecule has 6 nitrogen and oxygen atoms in total. The zero-order valence-corrected chi connectivity index (χ0v) is 13.0. The van der Waals surface area contributed by atoms with Gasteiger partial charge in [0.1, 0.15) is 11.5 Å². The third-order valence-electron chi connectivity index (χ3n) is 4.71. The molecule has 1 amide bonds. The van der Waals surface area contributed by atoms with Crippen molar-refractivity contribution in [1.82, 2.24) is 0 Å². The van der Waals surface area contributed by atoms with Crippen LogP contribution in [0.25, 0.3) is 0 Å². The Morgan fingerprint density at radius 3 is 2.43 bits per heavy atom. The Labute approximate surface area is 134 Å². The van der Waals surface area contributed by atoms with Crippen LogP contribution in [-0.2, 0) is 9.59 Å². The van der Waals surface area contributed by atoms with E-state index in [2.05, 4.69) is 5.32 Å². The summed E-state index contributed by atoms with van der Waals surface area (Å²) in [5.74, 6) is -1.37. The number of rotatable bonds is 5. The summed E-state index contributed by atoms with van der Waals surface area (Å²) >= 11 is 0. The number of ether oxygens (including phenoxy) is 2. The quantitative estimate of drug-likeness (QED) is 0.813. The summed E-state index contributed by atoms with van der Waals surface area (Å²) in [7, 11) is 3.05. The number of fused-ring (bicyclic) bond motifs is 2. The number of allylic oxidation sites excluding steroid dienone is 2. The average molecular weight is 317 g/mol. The number of carboxylic acids is 1. The lowest BCUT2D eigenvalue weighted by Gasteiger charge is -2.24. The maximum atomic E-state index is 12.6. The van der Waals surface area contributed by atoms with Crippen LogP contribution in [0.1, 0.15) is 6.42 Å². The summed E-state index contributed by atoms with van der Waals surface area (Å²) < 4.78 is 10.4. The fourth-order valence-corrected chi connectivity index (χ4v) is 3.63. The molecule has 1 fully saturated rings. The second-order valence-corrected chi connectivity index (χ2v) is 5.89. The first-order chi connectivity index (χ1) is 11.0. The molecule has 0 aliphatic heterocycles. The highest BCUT2D eigenvalue weighted by molar-refractivity contribution is 5.97. The lowest BCUT2D eigenvalue weighted by atomic mass is 9.82. The zero-order chi connectivity index (χ0) is 16.6. The Kier molecular flexibility index (Phi) is 3.98. The van der Waals surface area contributed by atoms with Crippen LogP contribution in [0.15, 0.2) is 30.4 Å². The van der Waals surface area contributed by atoms with Gasteiger partial charge in [-0.1, -0.05) is 12.2 Å². The summed E-state index contributed by atoms with van der Waals surface area (Å²) in [5, 5.41) is 12.2. The van der Waals surface area contributed by atoms with Gasteiger partial charge < -0.3 is 19.9 Å². The number of methoxy groups -OCH3 is 2. The van der Waals surface area contributed by atoms with Crippen molar-refractivity contribution in [3.8, 4) is 11.5 Å². The first kappa shape index (κ1) is 15.4. The molecule has 0 saturated heterocycles. The fourth-order valence-electron chi connectivity index (χ4n) is 3.63. The molecular formula is C17H19NO5. The molecule has 6 heteroatoms. The van der Waals surface area contributed by atoms with Gasteiger partial charge in [-0.15, -0.1) is 0 Å². The van der Waals surface area contributed by atoms with Crippen molar-refractivity contribution < 1.29 is 24.2 Å². The van der Waals surface area contributed by atoms with E-state index in [9.17, 15) is 14.7 Å². The summed E-state index contributed by atoms with van der Waals surface area (Å²) in [6, 6.07) is 5.08. The molecule has 4 atom stereocenters. The van der Waals surface area contributed by atoms with E-state index in [1.54, 1.807) is 25.3 Å². The van der Waals surface area contributed by atoms with Crippen LogP contribution in [0.2, 0.25) is 0 Å². The third-order valence-corrected chi connectivity index (χ3v) is 4.71. The number of carbonyl (C=O) groups excluding carboxylic acids is 1. The van der Waals surface area contributed by atoms with Gasteiger partial charge in [0, 0.05) is 6.07 Å². The molecular weight excluding hydrogens is 298 g/mol. The molecule has 2 aliphatic rings. The van der Waals surface area contributed by atoms with Crippen LogP contribution in [-0.4, -0.2) is 31.2 Å². The molecule has 0 aromatic heterocycles. The lowest BCUT2D eigenvalue weighted by molar-refractivity contribution is -0.146. The van der Waals surface area contributed by atoms with Gasteiger partial charge in [-0.05, 0) is 30.4 Å². The highest BCUT2D eigenvalue weighted by Gasteiger charge is 2.51. The Morgan fingerprint density at radius 1 is 1.13 bits per heavy atom. The minimum Gasteiger partial charge on any atom is -0.497 e. The second kappa shape index (κ2) is 5.95. The van der Waals surface area contributed by atoms with E-state index in [0.29, 0.717) is 17.2 Å². The standard InChI is InChI=1S/C17H19NO5/c1-22-11-5-6-12(13(8-11)23-2)18-16(19)14-9-3-4-10(7-9)15(14)17(20)21/h3-6,8-10,14-15H,7H2,1-2H3,(H,18,19)(H,20,21)/t9-,10+,14-,15+/m1/s1. The summed E-state index contributed by atoms with van der Waals surface area (Å²) in [4.78, 5) is 24.2. The number of carboxylic acid groups (broad SMARTS) is 1. The van der Waals surface area contributed by atoms with Crippen LogP contribution in [0.4, 0.5) is 5.69 Å². The van der Waals surface area contributed by atoms with E-state index in [4.69, 9.17) is 9.47 Å². The monoisotopic (exact) mass is 317 g/mol.